The van der Waals surface area contributed by atoms with Gasteiger partial charge in [0.1, 0.15) is 11.6 Å². The average molecular weight is 304 g/mol. The van der Waals surface area contributed by atoms with Crippen LogP contribution in [0.25, 0.3) is 0 Å². The van der Waals surface area contributed by atoms with Gasteiger partial charge in [-0.2, -0.15) is 0 Å². The van der Waals surface area contributed by atoms with E-state index in [4.69, 9.17) is 0 Å². The predicted octanol–water partition coefficient (Wildman–Crippen LogP) is 3.02. The zero-order valence-corrected chi connectivity index (χ0v) is 10.9. The Kier molecular flexibility index (Phi) is 3.47. The molecular formula is C12H12BrF2NO. The van der Waals surface area contributed by atoms with Crippen LogP contribution in [0.2, 0.25) is 0 Å². The molecule has 17 heavy (non-hydrogen) atoms. The van der Waals surface area contributed by atoms with E-state index in [0.29, 0.717) is 13.0 Å². The van der Waals surface area contributed by atoms with Gasteiger partial charge in [0.2, 0.25) is 5.91 Å². The van der Waals surface area contributed by atoms with E-state index in [9.17, 15) is 13.6 Å². The number of hydrogen-bond donors (Lipinski definition) is 0. The Morgan fingerprint density at radius 1 is 1.47 bits per heavy atom. The lowest BCUT2D eigenvalue weighted by atomic mass is 10.1. The molecule has 1 aliphatic rings. The van der Waals surface area contributed by atoms with Gasteiger partial charge in [0.25, 0.3) is 0 Å². The molecule has 5 heteroatoms. The van der Waals surface area contributed by atoms with Crippen molar-refractivity contribution in [2.45, 2.75) is 24.2 Å². The van der Waals surface area contributed by atoms with Gasteiger partial charge in [-0.05, 0) is 25.1 Å². The maximum atomic E-state index is 13.6. The summed E-state index contributed by atoms with van der Waals surface area (Å²) in [7, 11) is 0. The van der Waals surface area contributed by atoms with Crippen molar-refractivity contribution in [2.24, 2.45) is 0 Å². The SMILES string of the molecule is CC(c1cc(F)ccc1F)N1CC(Br)CC1=O. The van der Waals surface area contributed by atoms with E-state index in [-0.39, 0.29) is 16.3 Å². The summed E-state index contributed by atoms with van der Waals surface area (Å²) in [6.07, 6.45) is 0.404. The molecule has 1 aromatic rings. The summed E-state index contributed by atoms with van der Waals surface area (Å²) in [5, 5.41) is 0. The third kappa shape index (κ3) is 2.49. The average Bonchev–Trinajstić information content (AvgIpc) is 2.60. The van der Waals surface area contributed by atoms with Crippen LogP contribution < -0.4 is 0 Å². The fourth-order valence-electron chi connectivity index (χ4n) is 2.06. The normalized spacial score (nSPS) is 22.0. The summed E-state index contributed by atoms with van der Waals surface area (Å²) in [5.41, 5.74) is 0.222. The van der Waals surface area contributed by atoms with E-state index >= 15 is 0 Å². The van der Waals surface area contributed by atoms with Crippen molar-refractivity contribution in [3.8, 4) is 0 Å². The third-order valence-electron chi connectivity index (χ3n) is 2.99. The summed E-state index contributed by atoms with van der Waals surface area (Å²) >= 11 is 3.36. The zero-order chi connectivity index (χ0) is 12.6. The van der Waals surface area contributed by atoms with Gasteiger partial charge in [-0.15, -0.1) is 0 Å². The minimum Gasteiger partial charge on any atom is -0.335 e. The number of carbonyl (C=O) groups excluding carboxylic acids is 1. The second kappa shape index (κ2) is 4.72. The van der Waals surface area contributed by atoms with Crippen LogP contribution >= 0.6 is 15.9 Å². The first kappa shape index (κ1) is 12.5. The number of nitrogens with zero attached hydrogens (tertiary/aromatic N) is 1. The van der Waals surface area contributed by atoms with Gasteiger partial charge in [0.05, 0.1) is 6.04 Å². The first-order chi connectivity index (χ1) is 7.99. The highest BCUT2D eigenvalue weighted by Gasteiger charge is 2.32. The molecular weight excluding hydrogens is 292 g/mol. The highest BCUT2D eigenvalue weighted by atomic mass is 79.9. The first-order valence-corrected chi connectivity index (χ1v) is 6.29. The van der Waals surface area contributed by atoms with Crippen molar-refractivity contribution in [1.29, 1.82) is 0 Å². The Morgan fingerprint density at radius 2 is 2.18 bits per heavy atom. The van der Waals surface area contributed by atoms with Gasteiger partial charge in [0.15, 0.2) is 0 Å². The number of amides is 1. The minimum absolute atomic E-state index is 0.0389. The summed E-state index contributed by atoms with van der Waals surface area (Å²) in [4.78, 5) is 13.3. The second-order valence-electron chi connectivity index (χ2n) is 4.19. The Hall–Kier alpha value is -0.970. The Balaban J connectivity index is 2.27. The van der Waals surface area contributed by atoms with Gasteiger partial charge < -0.3 is 4.90 Å². The monoisotopic (exact) mass is 303 g/mol. The second-order valence-corrected chi connectivity index (χ2v) is 5.48. The van der Waals surface area contributed by atoms with Crippen molar-refractivity contribution in [2.75, 3.05) is 6.54 Å². The topological polar surface area (TPSA) is 20.3 Å². The van der Waals surface area contributed by atoms with Crippen molar-refractivity contribution in [1.82, 2.24) is 4.90 Å². The minimum atomic E-state index is -0.490. The van der Waals surface area contributed by atoms with Crippen molar-refractivity contribution < 1.29 is 13.6 Å². The van der Waals surface area contributed by atoms with E-state index in [1.807, 2.05) is 0 Å². The summed E-state index contributed by atoms with van der Waals surface area (Å²) < 4.78 is 26.7. The van der Waals surface area contributed by atoms with Crippen LogP contribution in [0.4, 0.5) is 8.78 Å². The lowest BCUT2D eigenvalue weighted by Crippen LogP contribution is -2.29. The van der Waals surface area contributed by atoms with Crippen molar-refractivity contribution in [3.05, 3.63) is 35.4 Å². The van der Waals surface area contributed by atoms with E-state index in [1.165, 1.54) is 0 Å². The van der Waals surface area contributed by atoms with Gasteiger partial charge >= 0.3 is 0 Å². The van der Waals surface area contributed by atoms with Crippen LogP contribution in [0, 0.1) is 11.6 Å². The molecule has 1 fully saturated rings. The molecule has 2 nitrogen and oxygen atoms in total. The highest BCUT2D eigenvalue weighted by Crippen LogP contribution is 2.30. The molecule has 1 amide bonds. The van der Waals surface area contributed by atoms with Crippen molar-refractivity contribution in [3.63, 3.8) is 0 Å². The fraction of sp³-hybridized carbons (Fsp3) is 0.417. The summed E-state index contributed by atoms with van der Waals surface area (Å²) in [6, 6.07) is 2.87. The molecule has 2 rings (SSSR count). The maximum absolute atomic E-state index is 13.6. The first-order valence-electron chi connectivity index (χ1n) is 5.37. The molecule has 0 bridgehead atoms. The lowest BCUT2D eigenvalue weighted by Gasteiger charge is -2.25. The van der Waals surface area contributed by atoms with Crippen LogP contribution in [0.15, 0.2) is 18.2 Å². The smallest absolute Gasteiger partial charge is 0.224 e. The Labute approximate surface area is 107 Å². The molecule has 1 saturated heterocycles. The molecule has 0 radical (unpaired) electrons. The van der Waals surface area contributed by atoms with Crippen molar-refractivity contribution >= 4 is 21.8 Å². The predicted molar refractivity (Wildman–Crippen MR) is 63.8 cm³/mol. The van der Waals surface area contributed by atoms with E-state index in [0.717, 1.165) is 18.2 Å². The number of likely N-dealkylation sites (tertiary alicyclic amines) is 1. The van der Waals surface area contributed by atoms with Crippen LogP contribution in [-0.4, -0.2) is 22.2 Å². The van der Waals surface area contributed by atoms with Gasteiger partial charge in [-0.1, -0.05) is 15.9 Å². The number of benzene rings is 1. The highest BCUT2D eigenvalue weighted by molar-refractivity contribution is 9.09. The third-order valence-corrected chi connectivity index (χ3v) is 3.60. The zero-order valence-electron chi connectivity index (χ0n) is 9.29. The quantitative estimate of drug-likeness (QED) is 0.769. The van der Waals surface area contributed by atoms with Crippen LogP contribution in [0.3, 0.4) is 0 Å². The van der Waals surface area contributed by atoms with Crippen LogP contribution in [0.1, 0.15) is 24.9 Å². The molecule has 0 saturated carbocycles. The summed E-state index contributed by atoms with van der Waals surface area (Å²) in [5.74, 6) is -1.01. The summed E-state index contributed by atoms with van der Waals surface area (Å²) in [6.45, 7) is 2.23. The van der Waals surface area contributed by atoms with E-state index < -0.39 is 17.7 Å². The number of carbonyl (C=O) groups is 1. The maximum Gasteiger partial charge on any atom is 0.224 e. The number of rotatable bonds is 2. The Morgan fingerprint density at radius 3 is 2.76 bits per heavy atom. The van der Waals surface area contributed by atoms with E-state index in [2.05, 4.69) is 15.9 Å². The molecule has 2 unspecified atom stereocenters. The standard InChI is InChI=1S/C12H12BrF2NO/c1-7(16-6-8(13)4-12(16)17)10-5-9(14)2-3-11(10)15/h2-3,5,7-8H,4,6H2,1H3. The van der Waals surface area contributed by atoms with Gasteiger partial charge in [0, 0.05) is 23.4 Å². The fourth-order valence-corrected chi connectivity index (χ4v) is 2.65. The van der Waals surface area contributed by atoms with Gasteiger partial charge in [-0.25, -0.2) is 8.78 Å². The molecule has 92 valence electrons. The molecule has 1 aliphatic heterocycles. The van der Waals surface area contributed by atoms with Crippen LogP contribution in [0.5, 0.6) is 0 Å². The number of hydrogen-bond acceptors (Lipinski definition) is 1. The number of alkyl halides is 1. The molecule has 2 atom stereocenters. The number of halogens is 3. The molecule has 0 N–H and O–H groups in total. The molecule has 1 heterocycles. The van der Waals surface area contributed by atoms with Gasteiger partial charge in [-0.3, -0.25) is 4.79 Å². The van der Waals surface area contributed by atoms with E-state index in [1.54, 1.807) is 11.8 Å². The molecule has 0 aromatic heterocycles. The van der Waals surface area contributed by atoms with Crippen LogP contribution in [-0.2, 0) is 4.79 Å². The molecule has 0 spiro atoms. The largest absolute Gasteiger partial charge is 0.335 e. The lowest BCUT2D eigenvalue weighted by molar-refractivity contribution is -0.129. The molecule has 1 aromatic carbocycles. The Bertz CT molecular complexity index is 452. The molecule has 0 aliphatic carbocycles.